The molecule has 0 N–H and O–H groups in total. The number of fused-ring (bicyclic) bond motifs is 1. The summed E-state index contributed by atoms with van der Waals surface area (Å²) in [5.74, 6) is 2.68. The van der Waals surface area contributed by atoms with Gasteiger partial charge in [-0.05, 0) is 31.4 Å². The number of halogens is 2. The number of nitrogens with zero attached hydrogens (tertiary/aromatic N) is 3. The number of hydrogen-bond donors (Lipinski definition) is 0. The Bertz CT molecular complexity index is 556. The average molecular weight is 318 g/mol. The first-order valence-electron chi connectivity index (χ1n) is 6.24. The summed E-state index contributed by atoms with van der Waals surface area (Å²) in [4.78, 5) is 9.05. The maximum atomic E-state index is 5.98. The second kappa shape index (κ2) is 6.82. The molecule has 2 rings (SSSR count). The maximum absolute atomic E-state index is 5.98. The molecule has 0 aliphatic carbocycles. The van der Waals surface area contributed by atoms with Crippen molar-refractivity contribution in [2.24, 2.45) is 0 Å². The van der Waals surface area contributed by atoms with Crippen LogP contribution >= 0.6 is 35.0 Å². The molecule has 2 heterocycles. The highest BCUT2D eigenvalue weighted by molar-refractivity contribution is 7.98. The molecule has 0 saturated carbocycles. The molecule has 0 amide bonds. The van der Waals surface area contributed by atoms with E-state index in [2.05, 4.69) is 27.7 Å². The van der Waals surface area contributed by atoms with Crippen LogP contribution in [0.5, 0.6) is 0 Å². The van der Waals surface area contributed by atoms with Crippen LogP contribution in [0.15, 0.2) is 12.3 Å². The lowest BCUT2D eigenvalue weighted by Crippen LogP contribution is -2.11. The van der Waals surface area contributed by atoms with Crippen molar-refractivity contribution in [2.75, 3.05) is 17.9 Å². The molecule has 0 aromatic carbocycles. The van der Waals surface area contributed by atoms with Crippen molar-refractivity contribution in [3.05, 3.63) is 23.1 Å². The fraction of sp³-hybridized carbons (Fsp3) is 0.538. The van der Waals surface area contributed by atoms with Gasteiger partial charge in [0.15, 0.2) is 5.65 Å². The Balaban J connectivity index is 2.45. The van der Waals surface area contributed by atoms with E-state index in [1.807, 2.05) is 17.8 Å². The first kappa shape index (κ1) is 14.9. The predicted molar refractivity (Wildman–Crippen MR) is 84.7 cm³/mol. The Kier molecular flexibility index (Phi) is 5.37. The second-order valence-electron chi connectivity index (χ2n) is 4.46. The van der Waals surface area contributed by atoms with Crippen molar-refractivity contribution in [2.45, 2.75) is 25.8 Å². The van der Waals surface area contributed by atoms with E-state index in [4.69, 9.17) is 23.2 Å². The second-order valence-corrected chi connectivity index (χ2v) is 6.26. The van der Waals surface area contributed by atoms with E-state index in [0.29, 0.717) is 16.9 Å². The zero-order valence-corrected chi connectivity index (χ0v) is 13.4. The highest BCUT2D eigenvalue weighted by Crippen LogP contribution is 2.24. The summed E-state index contributed by atoms with van der Waals surface area (Å²) in [6.07, 6.45) is 5.63. The summed E-state index contributed by atoms with van der Waals surface area (Å²) in [7, 11) is 0. The molecular weight excluding hydrogens is 301 g/mol. The molecule has 0 aliphatic heterocycles. The van der Waals surface area contributed by atoms with Crippen molar-refractivity contribution in [1.82, 2.24) is 14.5 Å². The summed E-state index contributed by atoms with van der Waals surface area (Å²) in [6, 6.07) is 2.23. The van der Waals surface area contributed by atoms with Gasteiger partial charge in [0, 0.05) is 24.5 Å². The van der Waals surface area contributed by atoms with E-state index >= 15 is 0 Å². The predicted octanol–water partition coefficient (Wildman–Crippen LogP) is 4.18. The number of rotatable bonds is 6. The third kappa shape index (κ3) is 3.36. The van der Waals surface area contributed by atoms with Gasteiger partial charge in [-0.25, -0.2) is 9.97 Å². The number of hydrogen-bond acceptors (Lipinski definition) is 3. The normalized spacial score (nSPS) is 13.1. The molecule has 0 fully saturated rings. The maximum Gasteiger partial charge on any atom is 0.160 e. The lowest BCUT2D eigenvalue weighted by Gasteiger charge is -2.16. The fourth-order valence-electron chi connectivity index (χ4n) is 2.15. The highest BCUT2D eigenvalue weighted by Gasteiger charge is 2.16. The van der Waals surface area contributed by atoms with Crippen LogP contribution in [0.25, 0.3) is 11.2 Å². The summed E-state index contributed by atoms with van der Waals surface area (Å²) in [5, 5.41) is 0.617. The van der Waals surface area contributed by atoms with Gasteiger partial charge >= 0.3 is 0 Å². The molecule has 0 bridgehead atoms. The number of alkyl halides is 1. The fourth-order valence-corrected chi connectivity index (χ4v) is 3.04. The van der Waals surface area contributed by atoms with Gasteiger partial charge in [-0.1, -0.05) is 11.6 Å². The average Bonchev–Trinajstić information content (AvgIpc) is 2.73. The number of imidazole rings is 1. The Hall–Kier alpha value is -0.450. The number of pyridine rings is 1. The molecule has 0 spiro atoms. The first-order chi connectivity index (χ1) is 9.17. The minimum atomic E-state index is 0.365. The molecule has 6 heteroatoms. The molecule has 1 unspecified atom stereocenters. The first-order valence-corrected chi connectivity index (χ1v) is 8.55. The van der Waals surface area contributed by atoms with E-state index in [-0.39, 0.29) is 0 Å². The summed E-state index contributed by atoms with van der Waals surface area (Å²) < 4.78 is 2.20. The van der Waals surface area contributed by atoms with Crippen LogP contribution in [0.3, 0.4) is 0 Å². The zero-order valence-electron chi connectivity index (χ0n) is 11.1. The minimum Gasteiger partial charge on any atom is -0.310 e. The van der Waals surface area contributed by atoms with Gasteiger partial charge < -0.3 is 4.57 Å². The zero-order chi connectivity index (χ0) is 13.8. The van der Waals surface area contributed by atoms with Gasteiger partial charge in [0.1, 0.15) is 11.3 Å². The van der Waals surface area contributed by atoms with Crippen molar-refractivity contribution >= 4 is 46.1 Å². The third-order valence-corrected chi connectivity index (χ3v) is 4.11. The minimum absolute atomic E-state index is 0.365. The summed E-state index contributed by atoms with van der Waals surface area (Å²) in [5.41, 5.74) is 1.75. The van der Waals surface area contributed by atoms with Gasteiger partial charge in [-0.3, -0.25) is 0 Å². The number of aromatic nitrogens is 3. The van der Waals surface area contributed by atoms with Crippen LogP contribution in [0, 0.1) is 0 Å². The molecule has 104 valence electrons. The lowest BCUT2D eigenvalue weighted by molar-refractivity contribution is 0.525. The van der Waals surface area contributed by atoms with Crippen molar-refractivity contribution < 1.29 is 0 Å². The quantitative estimate of drug-likeness (QED) is 0.749. The van der Waals surface area contributed by atoms with Gasteiger partial charge in [0.25, 0.3) is 0 Å². The number of aryl methyl sites for hydroxylation is 1. The largest absolute Gasteiger partial charge is 0.310 e. The van der Waals surface area contributed by atoms with E-state index in [0.717, 1.165) is 35.6 Å². The van der Waals surface area contributed by atoms with Gasteiger partial charge in [-0.2, -0.15) is 11.8 Å². The van der Waals surface area contributed by atoms with Gasteiger partial charge in [-0.15, -0.1) is 11.6 Å². The molecule has 0 saturated heterocycles. The third-order valence-electron chi connectivity index (χ3n) is 3.07. The van der Waals surface area contributed by atoms with E-state index in [1.54, 1.807) is 6.20 Å². The topological polar surface area (TPSA) is 30.7 Å². The summed E-state index contributed by atoms with van der Waals surface area (Å²) >= 11 is 13.7. The van der Waals surface area contributed by atoms with E-state index < -0.39 is 0 Å². The Morgan fingerprint density at radius 2 is 2.26 bits per heavy atom. The smallest absolute Gasteiger partial charge is 0.160 e. The standard InChI is InChI=1S/C13H17Cl2N3S/c1-9(4-6-19-2)18-12(3-5-14)17-11-7-10(15)8-16-13(11)18/h7-9H,3-6H2,1-2H3. The molecule has 0 radical (unpaired) electrons. The van der Waals surface area contributed by atoms with Crippen molar-refractivity contribution in [1.29, 1.82) is 0 Å². The molecule has 3 nitrogen and oxygen atoms in total. The Morgan fingerprint density at radius 3 is 2.95 bits per heavy atom. The van der Waals surface area contributed by atoms with Crippen molar-refractivity contribution in [3.63, 3.8) is 0 Å². The lowest BCUT2D eigenvalue weighted by atomic mass is 10.2. The molecule has 2 aromatic rings. The summed E-state index contributed by atoms with van der Waals surface area (Å²) in [6.45, 7) is 2.20. The van der Waals surface area contributed by atoms with Crippen LogP contribution < -0.4 is 0 Å². The number of thioether (sulfide) groups is 1. The molecule has 2 aromatic heterocycles. The van der Waals surface area contributed by atoms with Crippen LogP contribution in [-0.2, 0) is 6.42 Å². The molecule has 1 atom stereocenters. The van der Waals surface area contributed by atoms with Gasteiger partial charge in [0.05, 0.1) is 5.02 Å². The SMILES string of the molecule is CSCCC(C)n1c(CCCl)nc2cc(Cl)cnc21. The van der Waals surface area contributed by atoms with E-state index in [1.165, 1.54) is 0 Å². The monoisotopic (exact) mass is 317 g/mol. The van der Waals surface area contributed by atoms with Gasteiger partial charge in [0.2, 0.25) is 0 Å². The Morgan fingerprint density at radius 1 is 1.47 bits per heavy atom. The molecule has 0 aliphatic rings. The van der Waals surface area contributed by atoms with Crippen LogP contribution in [0.1, 0.15) is 25.2 Å². The van der Waals surface area contributed by atoms with Crippen LogP contribution in [-0.4, -0.2) is 32.4 Å². The molecular formula is C13H17Cl2N3S. The molecule has 19 heavy (non-hydrogen) atoms. The van der Waals surface area contributed by atoms with Crippen molar-refractivity contribution in [3.8, 4) is 0 Å². The van der Waals surface area contributed by atoms with Crippen LogP contribution in [0.2, 0.25) is 5.02 Å². The highest BCUT2D eigenvalue weighted by atomic mass is 35.5. The Labute approximate surface area is 127 Å². The van der Waals surface area contributed by atoms with Crippen LogP contribution in [0.4, 0.5) is 0 Å². The van der Waals surface area contributed by atoms with E-state index in [9.17, 15) is 0 Å².